The molecule has 0 fully saturated rings. The predicted octanol–water partition coefficient (Wildman–Crippen LogP) is 2.26. The summed E-state index contributed by atoms with van der Waals surface area (Å²) in [4.78, 5) is 2.29. The van der Waals surface area contributed by atoms with Gasteiger partial charge in [-0.05, 0) is 31.6 Å². The highest BCUT2D eigenvalue weighted by Crippen LogP contribution is 2.07. The summed E-state index contributed by atoms with van der Waals surface area (Å²) in [7, 11) is 2.13. The predicted molar refractivity (Wildman–Crippen MR) is 76.6 cm³/mol. The van der Waals surface area contributed by atoms with Crippen LogP contribution in [0.2, 0.25) is 0 Å². The fraction of sp³-hybridized carbons (Fsp3) is 0.600. The number of benzene rings is 1. The fourth-order valence-electron chi connectivity index (χ4n) is 1.86. The Morgan fingerprint density at radius 3 is 2.72 bits per heavy atom. The van der Waals surface area contributed by atoms with Crippen molar-refractivity contribution in [2.24, 2.45) is 0 Å². The van der Waals surface area contributed by atoms with E-state index in [2.05, 4.69) is 48.5 Å². The van der Waals surface area contributed by atoms with Crippen LogP contribution in [0.4, 0.5) is 0 Å². The molecule has 1 aromatic carbocycles. The molecule has 0 aliphatic carbocycles. The number of rotatable bonds is 9. The van der Waals surface area contributed by atoms with Crippen LogP contribution >= 0.6 is 0 Å². The van der Waals surface area contributed by atoms with Crippen molar-refractivity contribution in [1.82, 2.24) is 10.2 Å². The van der Waals surface area contributed by atoms with Crippen molar-refractivity contribution in [2.75, 3.05) is 33.4 Å². The Labute approximate surface area is 111 Å². The van der Waals surface area contributed by atoms with Gasteiger partial charge in [0, 0.05) is 26.2 Å². The third-order valence-electron chi connectivity index (χ3n) is 2.84. The fourth-order valence-corrected chi connectivity index (χ4v) is 1.86. The number of nitrogens with one attached hydrogen (secondary N) is 1. The minimum atomic E-state index is 0.798. The summed E-state index contributed by atoms with van der Waals surface area (Å²) < 4.78 is 5.37. The average molecular weight is 250 g/mol. The molecular weight excluding hydrogens is 224 g/mol. The molecule has 0 unspecified atom stereocenters. The SMILES string of the molecule is CCNCc1cccc(CN(C)CCOCC)c1. The highest BCUT2D eigenvalue weighted by Gasteiger charge is 2.01. The van der Waals surface area contributed by atoms with E-state index in [-0.39, 0.29) is 0 Å². The van der Waals surface area contributed by atoms with Crippen molar-refractivity contribution < 1.29 is 4.74 Å². The lowest BCUT2D eigenvalue weighted by atomic mass is 10.1. The quantitative estimate of drug-likeness (QED) is 0.680. The van der Waals surface area contributed by atoms with E-state index in [1.54, 1.807) is 0 Å². The first kappa shape index (κ1) is 15.2. The minimum absolute atomic E-state index is 0.798. The average Bonchev–Trinajstić information content (AvgIpc) is 2.37. The van der Waals surface area contributed by atoms with E-state index in [0.29, 0.717) is 0 Å². The van der Waals surface area contributed by atoms with E-state index in [4.69, 9.17) is 4.74 Å². The van der Waals surface area contributed by atoms with Gasteiger partial charge in [-0.3, -0.25) is 4.90 Å². The lowest BCUT2D eigenvalue weighted by Crippen LogP contribution is -2.23. The molecule has 0 atom stereocenters. The molecule has 0 aromatic heterocycles. The van der Waals surface area contributed by atoms with Crippen molar-refractivity contribution in [3.63, 3.8) is 0 Å². The van der Waals surface area contributed by atoms with Gasteiger partial charge in [0.25, 0.3) is 0 Å². The third-order valence-corrected chi connectivity index (χ3v) is 2.84. The first-order valence-electron chi connectivity index (χ1n) is 6.81. The number of hydrogen-bond acceptors (Lipinski definition) is 3. The van der Waals surface area contributed by atoms with Crippen molar-refractivity contribution in [2.45, 2.75) is 26.9 Å². The van der Waals surface area contributed by atoms with Gasteiger partial charge in [-0.15, -0.1) is 0 Å². The first-order chi connectivity index (χ1) is 8.76. The zero-order valence-electron chi connectivity index (χ0n) is 11.9. The van der Waals surface area contributed by atoms with Gasteiger partial charge in [-0.2, -0.15) is 0 Å². The van der Waals surface area contributed by atoms with Crippen LogP contribution in [0.3, 0.4) is 0 Å². The van der Waals surface area contributed by atoms with Crippen LogP contribution in [0.1, 0.15) is 25.0 Å². The topological polar surface area (TPSA) is 24.5 Å². The standard InChI is InChI=1S/C15H26N2O/c1-4-16-12-14-7-6-8-15(11-14)13-17(3)9-10-18-5-2/h6-8,11,16H,4-5,9-10,12-13H2,1-3H3. The van der Waals surface area contributed by atoms with Gasteiger partial charge in [-0.25, -0.2) is 0 Å². The number of ether oxygens (including phenoxy) is 1. The molecule has 0 saturated carbocycles. The molecule has 0 radical (unpaired) electrons. The lowest BCUT2D eigenvalue weighted by molar-refractivity contribution is 0.120. The Morgan fingerprint density at radius 2 is 2.00 bits per heavy atom. The maximum Gasteiger partial charge on any atom is 0.0593 e. The molecule has 1 N–H and O–H groups in total. The van der Waals surface area contributed by atoms with Gasteiger partial charge in [0.05, 0.1) is 6.61 Å². The molecule has 0 bridgehead atoms. The molecule has 3 nitrogen and oxygen atoms in total. The molecule has 0 saturated heterocycles. The lowest BCUT2D eigenvalue weighted by Gasteiger charge is -2.17. The molecule has 0 aliphatic heterocycles. The molecule has 1 aromatic rings. The maximum atomic E-state index is 5.37. The van der Waals surface area contributed by atoms with Crippen molar-refractivity contribution >= 4 is 0 Å². The van der Waals surface area contributed by atoms with E-state index in [1.165, 1.54) is 11.1 Å². The summed E-state index contributed by atoms with van der Waals surface area (Å²) in [6.45, 7) is 9.69. The largest absolute Gasteiger partial charge is 0.380 e. The molecule has 18 heavy (non-hydrogen) atoms. The van der Waals surface area contributed by atoms with Crippen LogP contribution in [0.25, 0.3) is 0 Å². The van der Waals surface area contributed by atoms with Gasteiger partial charge in [-0.1, -0.05) is 31.2 Å². The van der Waals surface area contributed by atoms with Crippen LogP contribution in [0, 0.1) is 0 Å². The Kier molecular flexibility index (Phi) is 7.65. The number of nitrogens with zero attached hydrogens (tertiary/aromatic N) is 1. The summed E-state index contributed by atoms with van der Waals surface area (Å²) >= 11 is 0. The van der Waals surface area contributed by atoms with Gasteiger partial charge in [0.15, 0.2) is 0 Å². The van der Waals surface area contributed by atoms with E-state index in [9.17, 15) is 0 Å². The second-order valence-corrected chi connectivity index (χ2v) is 4.53. The molecular formula is C15H26N2O. The van der Waals surface area contributed by atoms with E-state index in [0.717, 1.165) is 39.4 Å². The Hall–Kier alpha value is -0.900. The summed E-state index contributed by atoms with van der Waals surface area (Å²) in [5, 5.41) is 3.35. The van der Waals surface area contributed by atoms with E-state index in [1.807, 2.05) is 6.92 Å². The first-order valence-corrected chi connectivity index (χ1v) is 6.81. The summed E-state index contributed by atoms with van der Waals surface area (Å²) in [5.74, 6) is 0. The van der Waals surface area contributed by atoms with Crippen LogP contribution in [0.5, 0.6) is 0 Å². The third kappa shape index (κ3) is 6.15. The normalized spacial score (nSPS) is 11.1. The summed E-state index contributed by atoms with van der Waals surface area (Å²) in [5.41, 5.74) is 2.72. The molecule has 0 spiro atoms. The second-order valence-electron chi connectivity index (χ2n) is 4.53. The van der Waals surface area contributed by atoms with Crippen LogP contribution in [-0.2, 0) is 17.8 Å². The Balaban J connectivity index is 2.40. The second kappa shape index (κ2) is 9.09. The highest BCUT2D eigenvalue weighted by molar-refractivity contribution is 5.23. The molecule has 102 valence electrons. The van der Waals surface area contributed by atoms with Crippen molar-refractivity contribution in [3.8, 4) is 0 Å². The zero-order valence-corrected chi connectivity index (χ0v) is 11.9. The van der Waals surface area contributed by atoms with Crippen LogP contribution in [0.15, 0.2) is 24.3 Å². The van der Waals surface area contributed by atoms with Gasteiger partial charge in [0.1, 0.15) is 0 Å². The molecule has 3 heteroatoms. The molecule has 0 aliphatic rings. The van der Waals surface area contributed by atoms with E-state index < -0.39 is 0 Å². The maximum absolute atomic E-state index is 5.37. The Morgan fingerprint density at radius 1 is 1.22 bits per heavy atom. The van der Waals surface area contributed by atoms with Crippen molar-refractivity contribution in [3.05, 3.63) is 35.4 Å². The highest BCUT2D eigenvalue weighted by atomic mass is 16.5. The smallest absolute Gasteiger partial charge is 0.0593 e. The number of hydrogen-bond donors (Lipinski definition) is 1. The zero-order chi connectivity index (χ0) is 13.2. The van der Waals surface area contributed by atoms with Gasteiger partial charge >= 0.3 is 0 Å². The van der Waals surface area contributed by atoms with Crippen LogP contribution < -0.4 is 5.32 Å². The van der Waals surface area contributed by atoms with Gasteiger partial charge in [0.2, 0.25) is 0 Å². The summed E-state index contributed by atoms with van der Waals surface area (Å²) in [6.07, 6.45) is 0. The van der Waals surface area contributed by atoms with E-state index >= 15 is 0 Å². The molecule has 0 amide bonds. The van der Waals surface area contributed by atoms with Crippen LogP contribution in [-0.4, -0.2) is 38.3 Å². The molecule has 1 rings (SSSR count). The minimum Gasteiger partial charge on any atom is -0.380 e. The van der Waals surface area contributed by atoms with Gasteiger partial charge < -0.3 is 10.1 Å². The number of likely N-dealkylation sites (N-methyl/N-ethyl adjacent to an activating group) is 1. The van der Waals surface area contributed by atoms with Crippen molar-refractivity contribution in [1.29, 1.82) is 0 Å². The monoisotopic (exact) mass is 250 g/mol. The molecule has 0 heterocycles. The Bertz CT molecular complexity index is 328. The summed E-state index contributed by atoms with van der Waals surface area (Å²) in [6, 6.07) is 8.78.